The van der Waals surface area contributed by atoms with Crippen molar-refractivity contribution in [3.63, 3.8) is 0 Å². The summed E-state index contributed by atoms with van der Waals surface area (Å²) in [4.78, 5) is 18.7. The fraction of sp³-hybridized carbons (Fsp3) is 0.348. The van der Waals surface area contributed by atoms with E-state index in [2.05, 4.69) is 62.2 Å². The Kier molecular flexibility index (Phi) is 9.29. The number of aliphatic imine (C=N–C) groups is 1. The van der Waals surface area contributed by atoms with Crippen molar-refractivity contribution in [3.05, 3.63) is 72.4 Å². The third-order valence-corrected chi connectivity index (χ3v) is 5.07. The highest BCUT2D eigenvalue weighted by Gasteiger charge is 2.18. The topological polar surface area (TPSA) is 69.2 Å². The lowest BCUT2D eigenvalue weighted by atomic mass is 9.89. The summed E-state index contributed by atoms with van der Waals surface area (Å²) >= 11 is 0. The summed E-state index contributed by atoms with van der Waals surface area (Å²) in [5.74, 6) is 2.61. The Morgan fingerprint density at radius 3 is 2.53 bits per heavy atom. The Balaban J connectivity index is 0.00000320. The summed E-state index contributed by atoms with van der Waals surface area (Å²) in [6.45, 7) is 5.92. The molecule has 0 saturated carbocycles. The predicted octanol–water partition coefficient (Wildman–Crippen LogP) is 4.54. The molecule has 160 valence electrons. The number of aromatic nitrogens is 3. The summed E-state index contributed by atoms with van der Waals surface area (Å²) in [5.41, 5.74) is 3.40. The molecule has 1 aromatic carbocycles. The van der Waals surface area contributed by atoms with Gasteiger partial charge in [-0.25, -0.2) is 4.98 Å². The fourth-order valence-electron chi connectivity index (χ4n) is 3.43. The molecule has 0 spiro atoms. The Morgan fingerprint density at radius 1 is 1.13 bits per heavy atom. The SMILES string of the molecule is CN=C(NCC(c1cccnc1)C(C)C)N(C)Cc1ncc(-c2ccccc2)[nH]1.I. The van der Waals surface area contributed by atoms with Gasteiger partial charge < -0.3 is 15.2 Å². The molecule has 0 aliphatic heterocycles. The molecular weight excluding hydrogens is 487 g/mol. The van der Waals surface area contributed by atoms with Crippen LogP contribution in [0, 0.1) is 5.92 Å². The molecular formula is C23H31IN6. The maximum absolute atomic E-state index is 4.53. The second kappa shape index (κ2) is 11.7. The van der Waals surface area contributed by atoms with Crippen LogP contribution >= 0.6 is 24.0 Å². The maximum Gasteiger partial charge on any atom is 0.193 e. The zero-order chi connectivity index (χ0) is 20.6. The number of halogens is 1. The van der Waals surface area contributed by atoms with Crippen LogP contribution in [-0.4, -0.2) is 46.5 Å². The first kappa shape index (κ1) is 23.9. The number of imidazole rings is 1. The lowest BCUT2D eigenvalue weighted by Gasteiger charge is -2.26. The standard InChI is InChI=1S/C23H30N6.HI/c1-17(2)20(19-11-8-12-25-13-19)14-27-23(24-3)29(4)16-22-26-15-21(28-22)18-9-6-5-7-10-18;/h5-13,15,17,20H,14,16H2,1-4H3,(H,24,27)(H,26,28);1H. The van der Waals surface area contributed by atoms with E-state index in [0.717, 1.165) is 29.6 Å². The van der Waals surface area contributed by atoms with Gasteiger partial charge in [-0.05, 0) is 23.1 Å². The molecule has 0 bridgehead atoms. The van der Waals surface area contributed by atoms with Crippen LogP contribution in [0.5, 0.6) is 0 Å². The van der Waals surface area contributed by atoms with E-state index in [-0.39, 0.29) is 24.0 Å². The van der Waals surface area contributed by atoms with Crippen LogP contribution in [0.4, 0.5) is 0 Å². The molecule has 3 rings (SSSR count). The molecule has 3 aromatic rings. The van der Waals surface area contributed by atoms with Crippen molar-refractivity contribution in [1.29, 1.82) is 0 Å². The van der Waals surface area contributed by atoms with Gasteiger partial charge in [0, 0.05) is 39.0 Å². The number of H-pyrrole nitrogens is 1. The third kappa shape index (κ3) is 6.29. The first-order chi connectivity index (χ1) is 14.1. The van der Waals surface area contributed by atoms with Gasteiger partial charge in [-0.15, -0.1) is 24.0 Å². The average molecular weight is 518 g/mol. The van der Waals surface area contributed by atoms with Crippen molar-refractivity contribution < 1.29 is 0 Å². The van der Waals surface area contributed by atoms with Crippen LogP contribution in [0.25, 0.3) is 11.3 Å². The summed E-state index contributed by atoms with van der Waals surface area (Å²) in [5, 5.41) is 3.51. The van der Waals surface area contributed by atoms with Crippen LogP contribution < -0.4 is 5.32 Å². The molecule has 0 saturated heterocycles. The smallest absolute Gasteiger partial charge is 0.193 e. The highest BCUT2D eigenvalue weighted by Crippen LogP contribution is 2.23. The van der Waals surface area contributed by atoms with Crippen molar-refractivity contribution in [2.24, 2.45) is 10.9 Å². The minimum Gasteiger partial charge on any atom is -0.356 e. The summed E-state index contributed by atoms with van der Waals surface area (Å²) in [6.07, 6.45) is 5.65. The fourth-order valence-corrected chi connectivity index (χ4v) is 3.43. The molecule has 7 heteroatoms. The minimum atomic E-state index is 0. The number of nitrogens with zero attached hydrogens (tertiary/aromatic N) is 4. The molecule has 2 aromatic heterocycles. The highest BCUT2D eigenvalue weighted by atomic mass is 127. The first-order valence-corrected chi connectivity index (χ1v) is 9.99. The van der Waals surface area contributed by atoms with E-state index >= 15 is 0 Å². The van der Waals surface area contributed by atoms with Gasteiger partial charge in [0.2, 0.25) is 0 Å². The quantitative estimate of drug-likeness (QED) is 0.274. The normalized spacial score (nSPS) is 12.4. The largest absolute Gasteiger partial charge is 0.356 e. The van der Waals surface area contributed by atoms with E-state index < -0.39 is 0 Å². The van der Waals surface area contributed by atoms with Crippen molar-refractivity contribution in [3.8, 4) is 11.3 Å². The van der Waals surface area contributed by atoms with Crippen LogP contribution in [-0.2, 0) is 6.54 Å². The van der Waals surface area contributed by atoms with Crippen LogP contribution in [0.3, 0.4) is 0 Å². The number of nitrogens with one attached hydrogen (secondary N) is 2. The average Bonchev–Trinajstić information content (AvgIpc) is 3.20. The zero-order valence-electron chi connectivity index (χ0n) is 18.0. The van der Waals surface area contributed by atoms with E-state index in [9.17, 15) is 0 Å². The molecule has 0 radical (unpaired) electrons. The van der Waals surface area contributed by atoms with E-state index in [0.29, 0.717) is 18.4 Å². The van der Waals surface area contributed by atoms with Gasteiger partial charge >= 0.3 is 0 Å². The van der Waals surface area contributed by atoms with Crippen LogP contribution in [0.1, 0.15) is 31.2 Å². The van der Waals surface area contributed by atoms with E-state index in [4.69, 9.17) is 0 Å². The monoisotopic (exact) mass is 518 g/mol. The van der Waals surface area contributed by atoms with Crippen molar-refractivity contribution in [2.75, 3.05) is 20.6 Å². The second-order valence-corrected chi connectivity index (χ2v) is 7.53. The van der Waals surface area contributed by atoms with Crippen LogP contribution in [0.15, 0.2) is 66.0 Å². The number of rotatable bonds is 7. The number of benzene rings is 1. The van der Waals surface area contributed by atoms with E-state index in [1.807, 2.05) is 57.0 Å². The first-order valence-electron chi connectivity index (χ1n) is 9.99. The molecule has 1 atom stereocenters. The molecule has 0 aliphatic carbocycles. The minimum absolute atomic E-state index is 0. The highest BCUT2D eigenvalue weighted by molar-refractivity contribution is 14.0. The second-order valence-electron chi connectivity index (χ2n) is 7.53. The summed E-state index contributed by atoms with van der Waals surface area (Å²) in [7, 11) is 3.83. The van der Waals surface area contributed by atoms with Gasteiger partial charge in [0.1, 0.15) is 5.82 Å². The number of aromatic amines is 1. The summed E-state index contributed by atoms with van der Waals surface area (Å²) < 4.78 is 0. The molecule has 6 nitrogen and oxygen atoms in total. The summed E-state index contributed by atoms with van der Waals surface area (Å²) in [6, 6.07) is 14.4. The molecule has 30 heavy (non-hydrogen) atoms. The number of hydrogen-bond donors (Lipinski definition) is 2. The van der Waals surface area contributed by atoms with E-state index in [1.165, 1.54) is 5.56 Å². The van der Waals surface area contributed by atoms with Gasteiger partial charge in [0.05, 0.1) is 18.4 Å². The number of guanidine groups is 1. The van der Waals surface area contributed by atoms with E-state index in [1.54, 1.807) is 0 Å². The third-order valence-electron chi connectivity index (χ3n) is 5.07. The number of pyridine rings is 1. The van der Waals surface area contributed by atoms with Gasteiger partial charge in [-0.2, -0.15) is 0 Å². The molecule has 0 amide bonds. The Hall–Kier alpha value is -2.42. The molecule has 1 unspecified atom stereocenters. The van der Waals surface area contributed by atoms with Gasteiger partial charge in [0.15, 0.2) is 5.96 Å². The molecule has 2 heterocycles. The zero-order valence-corrected chi connectivity index (χ0v) is 20.4. The Bertz CT molecular complexity index is 908. The molecule has 0 aliphatic rings. The van der Waals surface area contributed by atoms with Gasteiger partial charge in [-0.1, -0.05) is 50.2 Å². The maximum atomic E-state index is 4.53. The van der Waals surface area contributed by atoms with Crippen LogP contribution in [0.2, 0.25) is 0 Å². The Labute approximate surface area is 196 Å². The van der Waals surface area contributed by atoms with Gasteiger partial charge in [0.25, 0.3) is 0 Å². The Morgan fingerprint density at radius 2 is 1.90 bits per heavy atom. The predicted molar refractivity (Wildman–Crippen MR) is 134 cm³/mol. The lowest BCUT2D eigenvalue weighted by molar-refractivity contribution is 0.440. The van der Waals surface area contributed by atoms with Crippen molar-refractivity contribution in [1.82, 2.24) is 25.2 Å². The van der Waals surface area contributed by atoms with Crippen molar-refractivity contribution >= 4 is 29.9 Å². The van der Waals surface area contributed by atoms with Crippen molar-refractivity contribution in [2.45, 2.75) is 26.3 Å². The molecule has 2 N–H and O–H groups in total. The van der Waals surface area contributed by atoms with Gasteiger partial charge in [-0.3, -0.25) is 9.98 Å². The number of hydrogen-bond acceptors (Lipinski definition) is 3. The lowest BCUT2D eigenvalue weighted by Crippen LogP contribution is -2.41. The molecule has 0 fully saturated rings.